The Labute approximate surface area is 196 Å². The Morgan fingerprint density at radius 2 is 1.61 bits per heavy atom. The highest BCUT2D eigenvalue weighted by atomic mass is 32.2. The molecule has 2 aliphatic carbocycles. The molecule has 6 rings (SSSR count). The zero-order valence-electron chi connectivity index (χ0n) is 19.4. The third-order valence-electron chi connectivity index (χ3n) is 8.57. The van der Waals surface area contributed by atoms with Crippen molar-refractivity contribution in [2.75, 3.05) is 6.54 Å². The third-order valence-corrected chi connectivity index (χ3v) is 10.3. The standard InChI is InChI=1S/C29H29NO2S/c1-20-8-12-26(13-9-20)33(31,32)30-15-14-29(25-11-10-23-6-4-5-7-24(23)17-25)27-16-21(2)22(3)18-28(27,29)19-30/h4-15,17,27H,16,18-19H2,1-3H3/t27-,28-,29-/m0/s1. The number of nitrogens with zero attached hydrogens (tertiary/aromatic N) is 1. The number of benzene rings is 3. The molecule has 1 saturated carbocycles. The maximum absolute atomic E-state index is 13.6. The fourth-order valence-electron chi connectivity index (χ4n) is 6.60. The maximum Gasteiger partial charge on any atom is 0.263 e. The molecule has 0 aromatic heterocycles. The van der Waals surface area contributed by atoms with Crippen LogP contribution >= 0.6 is 0 Å². The Kier molecular flexibility index (Phi) is 4.29. The van der Waals surface area contributed by atoms with Crippen molar-refractivity contribution >= 4 is 20.8 Å². The molecule has 3 aliphatic rings. The summed E-state index contributed by atoms with van der Waals surface area (Å²) in [6, 6.07) is 22.5. The Morgan fingerprint density at radius 3 is 2.36 bits per heavy atom. The van der Waals surface area contributed by atoms with Crippen molar-refractivity contribution in [3.63, 3.8) is 0 Å². The van der Waals surface area contributed by atoms with E-state index in [1.54, 1.807) is 16.4 Å². The van der Waals surface area contributed by atoms with Gasteiger partial charge in [-0.25, -0.2) is 8.42 Å². The molecule has 4 heteroatoms. The van der Waals surface area contributed by atoms with Crippen LogP contribution in [0, 0.1) is 18.3 Å². The van der Waals surface area contributed by atoms with Crippen molar-refractivity contribution in [1.82, 2.24) is 4.31 Å². The van der Waals surface area contributed by atoms with Gasteiger partial charge in [-0.15, -0.1) is 0 Å². The average molecular weight is 456 g/mol. The molecule has 1 heterocycles. The van der Waals surface area contributed by atoms with Crippen LogP contribution in [-0.4, -0.2) is 19.3 Å². The van der Waals surface area contributed by atoms with Gasteiger partial charge in [-0.1, -0.05) is 77.4 Å². The van der Waals surface area contributed by atoms with E-state index in [2.05, 4.69) is 62.4 Å². The van der Waals surface area contributed by atoms with E-state index < -0.39 is 10.0 Å². The highest BCUT2D eigenvalue weighted by Crippen LogP contribution is 2.78. The first-order valence-electron chi connectivity index (χ1n) is 11.7. The van der Waals surface area contributed by atoms with Crippen LogP contribution in [0.4, 0.5) is 0 Å². The first-order valence-corrected chi connectivity index (χ1v) is 13.1. The lowest BCUT2D eigenvalue weighted by atomic mass is 9.79. The number of fused-ring (bicyclic) bond motifs is 2. The molecule has 3 aromatic carbocycles. The van der Waals surface area contributed by atoms with E-state index in [-0.39, 0.29) is 10.8 Å². The third kappa shape index (κ3) is 2.77. The molecule has 0 unspecified atom stereocenters. The molecular weight excluding hydrogens is 426 g/mol. The Bertz CT molecular complexity index is 1450. The molecule has 0 radical (unpaired) electrons. The Hall–Kier alpha value is -2.85. The quantitative estimate of drug-likeness (QED) is 0.432. The summed E-state index contributed by atoms with van der Waals surface area (Å²) in [5, 5.41) is 2.48. The zero-order valence-corrected chi connectivity index (χ0v) is 20.2. The number of sulfonamides is 1. The van der Waals surface area contributed by atoms with Gasteiger partial charge in [0.05, 0.1) is 4.90 Å². The SMILES string of the molecule is CC1=C(C)C[C@@]23CN(S(=O)(=O)c4ccc(C)cc4)C=C[C@]2(c2ccc4ccccc4c2)[C@H]3C1. The van der Waals surface area contributed by atoms with E-state index in [1.807, 2.05) is 25.3 Å². The van der Waals surface area contributed by atoms with E-state index >= 15 is 0 Å². The molecule has 0 amide bonds. The highest BCUT2D eigenvalue weighted by molar-refractivity contribution is 7.89. The predicted molar refractivity (Wildman–Crippen MR) is 133 cm³/mol. The van der Waals surface area contributed by atoms with Gasteiger partial charge < -0.3 is 0 Å². The van der Waals surface area contributed by atoms with Gasteiger partial charge in [-0.2, -0.15) is 0 Å². The number of hydrogen-bond donors (Lipinski definition) is 0. The summed E-state index contributed by atoms with van der Waals surface area (Å²) in [4.78, 5) is 0.365. The van der Waals surface area contributed by atoms with Crippen molar-refractivity contribution in [2.45, 2.75) is 43.9 Å². The van der Waals surface area contributed by atoms with Crippen molar-refractivity contribution in [2.24, 2.45) is 11.3 Å². The maximum atomic E-state index is 13.6. The lowest BCUT2D eigenvalue weighted by Crippen LogP contribution is -2.39. The molecule has 1 fully saturated rings. The van der Waals surface area contributed by atoms with Crippen LogP contribution in [0.5, 0.6) is 0 Å². The van der Waals surface area contributed by atoms with Crippen LogP contribution in [0.25, 0.3) is 10.8 Å². The molecule has 3 nitrogen and oxygen atoms in total. The van der Waals surface area contributed by atoms with Gasteiger partial charge in [0.25, 0.3) is 10.0 Å². The van der Waals surface area contributed by atoms with E-state index in [0.717, 1.165) is 18.4 Å². The summed E-state index contributed by atoms with van der Waals surface area (Å²) in [5.41, 5.74) is 5.04. The van der Waals surface area contributed by atoms with Crippen LogP contribution in [-0.2, 0) is 15.4 Å². The topological polar surface area (TPSA) is 37.4 Å². The Balaban J connectivity index is 1.47. The fraction of sp³-hybridized carbons (Fsp3) is 0.310. The van der Waals surface area contributed by atoms with E-state index in [0.29, 0.717) is 17.4 Å². The second kappa shape index (κ2) is 6.83. The summed E-state index contributed by atoms with van der Waals surface area (Å²) < 4.78 is 28.7. The average Bonchev–Trinajstić information content (AvgIpc) is 3.40. The molecule has 0 saturated heterocycles. The van der Waals surface area contributed by atoms with Crippen LogP contribution < -0.4 is 0 Å². The van der Waals surface area contributed by atoms with Gasteiger partial charge in [0.1, 0.15) is 0 Å². The normalized spacial score (nSPS) is 28.6. The highest BCUT2D eigenvalue weighted by Gasteiger charge is 2.77. The second-order valence-electron chi connectivity index (χ2n) is 10.3. The number of allylic oxidation sites excluding steroid dienone is 3. The molecule has 3 aromatic rings. The Morgan fingerprint density at radius 1 is 0.879 bits per heavy atom. The van der Waals surface area contributed by atoms with Crippen molar-refractivity contribution in [3.8, 4) is 0 Å². The van der Waals surface area contributed by atoms with Gasteiger partial charge in [-0.05, 0) is 68.0 Å². The molecule has 0 N–H and O–H groups in total. The minimum atomic E-state index is -3.58. The first kappa shape index (κ1) is 20.7. The van der Waals surface area contributed by atoms with Gasteiger partial charge >= 0.3 is 0 Å². The summed E-state index contributed by atoms with van der Waals surface area (Å²) in [7, 11) is -3.58. The summed E-state index contributed by atoms with van der Waals surface area (Å²) in [5.74, 6) is 0.421. The van der Waals surface area contributed by atoms with Gasteiger partial charge in [-0.3, -0.25) is 4.31 Å². The van der Waals surface area contributed by atoms with Gasteiger partial charge in [0.2, 0.25) is 0 Å². The van der Waals surface area contributed by atoms with Gasteiger partial charge in [0, 0.05) is 23.6 Å². The predicted octanol–water partition coefficient (Wildman–Crippen LogP) is 6.35. The lowest BCUT2D eigenvalue weighted by molar-refractivity contribution is 0.315. The van der Waals surface area contributed by atoms with Crippen molar-refractivity contribution < 1.29 is 8.42 Å². The molecule has 33 heavy (non-hydrogen) atoms. The largest absolute Gasteiger partial charge is 0.273 e. The van der Waals surface area contributed by atoms with Crippen LogP contribution in [0.15, 0.2) is 95.0 Å². The molecule has 1 spiro atoms. The van der Waals surface area contributed by atoms with Crippen LogP contribution in [0.2, 0.25) is 0 Å². The monoisotopic (exact) mass is 455 g/mol. The fourth-order valence-corrected chi connectivity index (χ4v) is 7.97. The molecule has 1 aliphatic heterocycles. The van der Waals surface area contributed by atoms with Crippen LogP contribution in [0.1, 0.15) is 37.8 Å². The summed E-state index contributed by atoms with van der Waals surface area (Å²) in [6.45, 7) is 6.97. The molecule has 0 bridgehead atoms. The van der Waals surface area contributed by atoms with Gasteiger partial charge in [0.15, 0.2) is 0 Å². The number of rotatable bonds is 3. The minimum absolute atomic E-state index is 0.0917. The first-order chi connectivity index (χ1) is 15.8. The smallest absolute Gasteiger partial charge is 0.263 e. The van der Waals surface area contributed by atoms with E-state index in [1.165, 1.54) is 27.5 Å². The number of aryl methyl sites for hydroxylation is 1. The van der Waals surface area contributed by atoms with Crippen LogP contribution in [0.3, 0.4) is 0 Å². The second-order valence-corrected chi connectivity index (χ2v) is 12.2. The zero-order chi connectivity index (χ0) is 23.0. The van der Waals surface area contributed by atoms with E-state index in [9.17, 15) is 8.42 Å². The molecule has 168 valence electrons. The minimum Gasteiger partial charge on any atom is -0.273 e. The molecular formula is C29H29NO2S. The lowest BCUT2D eigenvalue weighted by Gasteiger charge is -2.35. The summed E-state index contributed by atoms with van der Waals surface area (Å²) >= 11 is 0. The van der Waals surface area contributed by atoms with Crippen molar-refractivity contribution in [3.05, 3.63) is 101 Å². The van der Waals surface area contributed by atoms with Crippen molar-refractivity contribution in [1.29, 1.82) is 0 Å². The summed E-state index contributed by atoms with van der Waals surface area (Å²) in [6.07, 6.45) is 6.03. The number of hydrogen-bond acceptors (Lipinski definition) is 2. The molecule has 3 atom stereocenters. The van der Waals surface area contributed by atoms with E-state index in [4.69, 9.17) is 0 Å².